The number of rotatable bonds is 10. The van der Waals surface area contributed by atoms with Gasteiger partial charge < -0.3 is 13.9 Å². The van der Waals surface area contributed by atoms with Crippen LogP contribution in [-0.4, -0.2) is 14.1 Å². The average molecular weight is 960 g/mol. The van der Waals surface area contributed by atoms with Gasteiger partial charge in [0.15, 0.2) is 0 Å². The van der Waals surface area contributed by atoms with E-state index in [-0.39, 0.29) is 54.4 Å². The molecule has 0 aliphatic carbocycles. The maximum atomic E-state index is 8.86. The van der Waals surface area contributed by atoms with Crippen LogP contribution in [0, 0.1) is 18.5 Å². The second-order valence-corrected chi connectivity index (χ2v) is 15.2. The molecule has 0 fully saturated rings. The molecule has 0 atom stereocenters. The van der Waals surface area contributed by atoms with E-state index in [9.17, 15) is 0 Å². The number of imidazole rings is 1. The monoisotopic (exact) mass is 959 g/mol. The van der Waals surface area contributed by atoms with Crippen molar-refractivity contribution in [2.75, 3.05) is 0 Å². The summed E-state index contributed by atoms with van der Waals surface area (Å²) in [5.41, 5.74) is 4.89. The normalized spacial score (nSPS) is 14.0. The molecule has 59 heavy (non-hydrogen) atoms. The van der Waals surface area contributed by atoms with E-state index in [4.69, 9.17) is 23.4 Å². The van der Waals surface area contributed by atoms with Crippen molar-refractivity contribution in [1.29, 1.82) is 0 Å². The van der Waals surface area contributed by atoms with Gasteiger partial charge in [0.05, 0.1) is 19.4 Å². The van der Waals surface area contributed by atoms with Crippen LogP contribution in [0.4, 0.5) is 0 Å². The smallest absolute Gasteiger partial charge is 0.267 e. The summed E-state index contributed by atoms with van der Waals surface area (Å²) >= 11 is 0. The molecule has 6 aromatic carbocycles. The van der Waals surface area contributed by atoms with Gasteiger partial charge in [-0.25, -0.2) is 4.98 Å². The standard InChI is InChI=1S/C53H46N4O.Pt/c1-6-37(7-2)40-28-29-54-51(32-40)57-49-27-24-41(53(3,4)5)33-48(49)47-26-25-44(35-50(47)57)58-43-21-14-20-42(34-43)55-30-31-56(36-55)52-45(38-16-10-8-11-17-38)22-15-23-46(52)39-18-12-9-13-19-39;/h8-33,37H,6-7H2,1-5H3;/q-2;/i8D,9D,10D,11D,12D,13D,16D,17D,18D,19D;. The van der Waals surface area contributed by atoms with Crippen LogP contribution < -0.4 is 9.30 Å². The molecular weight excluding hydrogens is 904 g/mol. The van der Waals surface area contributed by atoms with Crippen LogP contribution in [0.15, 0.2) is 158 Å². The predicted molar refractivity (Wildman–Crippen MR) is 235 cm³/mol. The Bertz CT molecular complexity index is 3340. The molecule has 9 aromatic rings. The second kappa shape index (κ2) is 16.7. The molecule has 0 saturated heterocycles. The average Bonchev–Trinajstić information content (AvgIpc) is 3.95. The molecule has 0 N–H and O–H groups in total. The first-order valence-electron chi connectivity index (χ1n) is 24.4. The van der Waals surface area contributed by atoms with E-state index < -0.39 is 60.4 Å². The zero-order valence-electron chi connectivity index (χ0n) is 43.2. The van der Waals surface area contributed by atoms with Crippen LogP contribution in [0.5, 0.6) is 11.5 Å². The minimum absolute atomic E-state index is 0. The Balaban J connectivity index is 0.00000642. The number of hydrogen-bond donors (Lipinski definition) is 0. The molecule has 0 spiro atoms. The van der Waals surface area contributed by atoms with Crippen molar-refractivity contribution in [1.82, 2.24) is 14.1 Å². The second-order valence-electron chi connectivity index (χ2n) is 15.2. The van der Waals surface area contributed by atoms with Crippen LogP contribution in [0.1, 0.15) is 78.2 Å². The summed E-state index contributed by atoms with van der Waals surface area (Å²) in [6.45, 7) is 11.0. The molecule has 0 amide bonds. The Hall–Kier alpha value is -6.03. The third-order valence-electron chi connectivity index (χ3n) is 10.6. The van der Waals surface area contributed by atoms with Crippen LogP contribution in [0.25, 0.3) is 61.3 Å². The Morgan fingerprint density at radius 2 is 1.44 bits per heavy atom. The molecule has 0 aliphatic rings. The fraction of sp³-hybridized carbons (Fsp3) is 0.170. The predicted octanol–water partition coefficient (Wildman–Crippen LogP) is 13.0. The van der Waals surface area contributed by atoms with Gasteiger partial charge in [-0.3, -0.25) is 4.57 Å². The minimum Gasteiger partial charge on any atom is -0.510 e. The summed E-state index contributed by atoms with van der Waals surface area (Å²) in [5.74, 6) is 2.01. The van der Waals surface area contributed by atoms with Crippen LogP contribution >= 0.6 is 0 Å². The van der Waals surface area contributed by atoms with Crippen LogP contribution in [0.2, 0.25) is 0 Å². The fourth-order valence-corrected chi connectivity index (χ4v) is 7.56. The van der Waals surface area contributed by atoms with E-state index in [0.29, 0.717) is 23.1 Å². The first-order valence-corrected chi connectivity index (χ1v) is 19.4. The van der Waals surface area contributed by atoms with Crippen molar-refractivity contribution < 1.29 is 44.1 Å². The molecule has 0 aliphatic heterocycles. The van der Waals surface area contributed by atoms with E-state index in [1.807, 2.05) is 18.3 Å². The maximum Gasteiger partial charge on any atom is 0.267 e. The summed E-state index contributed by atoms with van der Waals surface area (Å²) in [5, 5.41) is 2.09. The van der Waals surface area contributed by atoms with Crippen molar-refractivity contribution in [2.45, 2.75) is 58.8 Å². The van der Waals surface area contributed by atoms with Gasteiger partial charge in [0, 0.05) is 56.7 Å². The minimum atomic E-state index is -0.566. The molecule has 0 unspecified atom stereocenters. The van der Waals surface area contributed by atoms with Crippen molar-refractivity contribution in [2.24, 2.45) is 0 Å². The number of para-hydroxylation sites is 1. The van der Waals surface area contributed by atoms with Gasteiger partial charge in [0.2, 0.25) is 0 Å². The van der Waals surface area contributed by atoms with E-state index in [1.165, 1.54) is 15.7 Å². The zero-order valence-corrected chi connectivity index (χ0v) is 35.5. The zero-order chi connectivity index (χ0) is 48.5. The first-order chi connectivity index (χ1) is 32.4. The van der Waals surface area contributed by atoms with Gasteiger partial charge in [-0.15, -0.1) is 29.7 Å². The quantitative estimate of drug-likeness (QED) is 0.101. The Kier molecular flexibility index (Phi) is 8.26. The van der Waals surface area contributed by atoms with Gasteiger partial charge in [0.1, 0.15) is 5.82 Å². The summed E-state index contributed by atoms with van der Waals surface area (Å²) in [6.07, 6.45) is 10.4. The number of pyridine rings is 1. The number of fused-ring (bicyclic) bond motifs is 3. The molecule has 0 saturated carbocycles. The summed E-state index contributed by atoms with van der Waals surface area (Å²) in [4.78, 5) is 4.87. The van der Waals surface area contributed by atoms with Gasteiger partial charge in [-0.2, -0.15) is 18.2 Å². The van der Waals surface area contributed by atoms with E-state index >= 15 is 0 Å². The summed E-state index contributed by atoms with van der Waals surface area (Å²) in [6, 6.07) is 26.5. The van der Waals surface area contributed by atoms with Gasteiger partial charge >= 0.3 is 0 Å². The largest absolute Gasteiger partial charge is 0.510 e. The molecule has 0 radical (unpaired) electrons. The Morgan fingerprint density at radius 1 is 0.763 bits per heavy atom. The third-order valence-corrected chi connectivity index (χ3v) is 10.6. The maximum absolute atomic E-state index is 8.86. The molecule has 5 nitrogen and oxygen atoms in total. The molecule has 6 heteroatoms. The third kappa shape index (κ3) is 7.80. The Labute approximate surface area is 375 Å². The molecule has 3 aromatic heterocycles. The van der Waals surface area contributed by atoms with E-state index in [1.54, 1.807) is 53.4 Å². The number of aromatic nitrogens is 4. The van der Waals surface area contributed by atoms with Crippen LogP contribution in [-0.2, 0) is 26.5 Å². The van der Waals surface area contributed by atoms with E-state index in [0.717, 1.165) is 40.5 Å². The van der Waals surface area contributed by atoms with Crippen molar-refractivity contribution >= 4 is 21.8 Å². The Morgan fingerprint density at radius 3 is 2.12 bits per heavy atom. The number of hydrogen-bond acceptors (Lipinski definition) is 2. The molecular formula is C53H46N4OPt-2. The van der Waals surface area contributed by atoms with Gasteiger partial charge in [-0.1, -0.05) is 131 Å². The topological polar surface area (TPSA) is 35.9 Å². The van der Waals surface area contributed by atoms with Crippen molar-refractivity contribution in [3.63, 3.8) is 0 Å². The summed E-state index contributed by atoms with van der Waals surface area (Å²) < 4.78 is 97.4. The van der Waals surface area contributed by atoms with Gasteiger partial charge in [-0.05, 0) is 86.8 Å². The molecule has 0 bridgehead atoms. The fourth-order valence-electron chi connectivity index (χ4n) is 7.56. The SMILES string of the molecule is [2H]c1c([2H])c([2H])c(-c2cccc(-c3c([2H])c([2H])c([2H])c([2H])c3[2H])c2-[n+]2[c-]n(-c3[c-]c(Oc4[c-]c5c(cc4)c4cc(C(C)(C)C)ccc4n5-c4cc(C(CC)CC)ccn4)ccc3)cc2)c([2H])c1[2H].[Pt]. The van der Waals surface area contributed by atoms with Crippen molar-refractivity contribution in [3.8, 4) is 50.9 Å². The number of benzene rings is 6. The molecule has 296 valence electrons. The van der Waals surface area contributed by atoms with Crippen molar-refractivity contribution in [3.05, 3.63) is 187 Å². The summed E-state index contributed by atoms with van der Waals surface area (Å²) in [7, 11) is 0. The first kappa shape index (κ1) is 29.2. The number of ether oxygens (including phenoxy) is 1. The molecule has 9 rings (SSSR count). The van der Waals surface area contributed by atoms with Crippen LogP contribution in [0.3, 0.4) is 0 Å². The van der Waals surface area contributed by atoms with E-state index in [2.05, 4.69) is 88.0 Å². The molecule has 3 heterocycles. The number of nitrogens with zero attached hydrogens (tertiary/aromatic N) is 4. The van der Waals surface area contributed by atoms with Gasteiger partial charge in [0.25, 0.3) is 6.33 Å².